The molecule has 6 rings (SSSR count). The van der Waals surface area contributed by atoms with Crippen LogP contribution < -0.4 is 5.32 Å². The van der Waals surface area contributed by atoms with Gasteiger partial charge in [0.1, 0.15) is 11.6 Å². The van der Waals surface area contributed by atoms with Crippen LogP contribution in [0.25, 0.3) is 10.9 Å². The summed E-state index contributed by atoms with van der Waals surface area (Å²) < 4.78 is 5.81. The maximum absolute atomic E-state index is 6.20. The van der Waals surface area contributed by atoms with Crippen LogP contribution in [0.3, 0.4) is 0 Å². The number of nitrogens with zero attached hydrogens (tertiary/aromatic N) is 4. The van der Waals surface area contributed by atoms with E-state index in [2.05, 4.69) is 51.5 Å². The molecule has 0 saturated carbocycles. The van der Waals surface area contributed by atoms with E-state index in [1.54, 1.807) is 0 Å². The van der Waals surface area contributed by atoms with Crippen molar-refractivity contribution in [2.45, 2.75) is 31.5 Å². The van der Waals surface area contributed by atoms with Crippen molar-refractivity contribution in [3.63, 3.8) is 0 Å². The second-order valence-corrected chi connectivity index (χ2v) is 11.2. The molecule has 1 unspecified atom stereocenters. The first-order chi connectivity index (χ1) is 19.1. The van der Waals surface area contributed by atoms with E-state index < -0.39 is 0 Å². The Kier molecular flexibility index (Phi) is 8.28. The molecule has 2 fully saturated rings. The van der Waals surface area contributed by atoms with E-state index in [-0.39, 0.29) is 12.1 Å². The Balaban J connectivity index is 1.16. The zero-order valence-corrected chi connectivity index (χ0v) is 23.4. The lowest BCUT2D eigenvalue weighted by molar-refractivity contribution is 0.103. The van der Waals surface area contributed by atoms with Gasteiger partial charge in [0.2, 0.25) is 0 Å². The third-order valence-electron chi connectivity index (χ3n) is 7.68. The number of piperazine rings is 1. The number of rotatable bonds is 8. The summed E-state index contributed by atoms with van der Waals surface area (Å²) >= 11 is 12.4. The number of hydrogen-bond acceptors (Lipinski definition) is 6. The summed E-state index contributed by atoms with van der Waals surface area (Å²) in [5, 5.41) is 6.10. The molecule has 202 valence electrons. The number of fused-ring (bicyclic) bond motifs is 1. The van der Waals surface area contributed by atoms with Crippen molar-refractivity contribution in [1.82, 2.24) is 19.8 Å². The lowest BCUT2D eigenvalue weighted by Crippen LogP contribution is -2.47. The number of hydrogen-bond donors (Lipinski definition) is 1. The normalized spacial score (nSPS) is 18.7. The number of nitrogens with one attached hydrogen (secondary N) is 1. The molecule has 3 heterocycles. The van der Waals surface area contributed by atoms with Crippen molar-refractivity contribution in [2.75, 3.05) is 44.6 Å². The van der Waals surface area contributed by atoms with E-state index in [0.717, 1.165) is 91.3 Å². The fourth-order valence-electron chi connectivity index (χ4n) is 5.63. The summed E-state index contributed by atoms with van der Waals surface area (Å²) in [6, 6.07) is 24.8. The maximum atomic E-state index is 6.20. The fourth-order valence-corrected chi connectivity index (χ4v) is 5.88. The van der Waals surface area contributed by atoms with Gasteiger partial charge in [-0.2, -0.15) is 0 Å². The second-order valence-electron chi connectivity index (χ2n) is 10.3. The number of ether oxygens (including phenoxy) is 1. The van der Waals surface area contributed by atoms with Gasteiger partial charge in [-0.25, -0.2) is 9.97 Å². The van der Waals surface area contributed by atoms with Gasteiger partial charge < -0.3 is 10.1 Å². The molecule has 39 heavy (non-hydrogen) atoms. The van der Waals surface area contributed by atoms with Crippen LogP contribution in [0.5, 0.6) is 0 Å². The maximum Gasteiger partial charge on any atom is 0.145 e. The molecular formula is C31H33Cl2N5O. The van der Waals surface area contributed by atoms with Gasteiger partial charge in [-0.15, -0.1) is 0 Å². The Hall–Kier alpha value is -2.74. The number of para-hydroxylation sites is 1. The van der Waals surface area contributed by atoms with E-state index >= 15 is 0 Å². The summed E-state index contributed by atoms with van der Waals surface area (Å²) in [5.74, 6) is 1.75. The van der Waals surface area contributed by atoms with Gasteiger partial charge in [0.05, 0.1) is 24.2 Å². The number of benzene rings is 3. The predicted octanol–water partition coefficient (Wildman–Crippen LogP) is 6.43. The standard InChI is InChI=1S/C31H33Cl2N5O/c32-24-11-7-22(8-12-24)30(23-9-13-25(33)14-10-23)38-17-15-37(16-18-38)21-29-35-28-6-2-1-5-27(28)31(36-29)34-20-26-4-3-19-39-26/h1-2,5-14,26,30H,3-4,15-21H2,(H,34,35,36). The van der Waals surface area contributed by atoms with Crippen LogP contribution >= 0.6 is 23.2 Å². The molecule has 3 aromatic carbocycles. The molecule has 2 aliphatic rings. The molecule has 2 saturated heterocycles. The molecule has 1 N–H and O–H groups in total. The highest BCUT2D eigenvalue weighted by atomic mass is 35.5. The monoisotopic (exact) mass is 561 g/mol. The molecular weight excluding hydrogens is 529 g/mol. The molecule has 0 spiro atoms. The molecule has 0 amide bonds. The Morgan fingerprint density at radius 2 is 1.51 bits per heavy atom. The molecule has 6 nitrogen and oxygen atoms in total. The summed E-state index contributed by atoms with van der Waals surface area (Å²) in [6.07, 6.45) is 2.48. The van der Waals surface area contributed by atoms with Gasteiger partial charge >= 0.3 is 0 Å². The first-order valence-corrected chi connectivity index (χ1v) is 14.5. The van der Waals surface area contributed by atoms with Crippen molar-refractivity contribution in [3.8, 4) is 0 Å². The average Bonchev–Trinajstić information content (AvgIpc) is 3.49. The third kappa shape index (κ3) is 6.37. The van der Waals surface area contributed by atoms with Crippen LogP contribution in [0, 0.1) is 0 Å². The summed E-state index contributed by atoms with van der Waals surface area (Å²) in [7, 11) is 0. The summed E-state index contributed by atoms with van der Waals surface area (Å²) in [6.45, 7) is 6.10. The highest BCUT2D eigenvalue weighted by Gasteiger charge is 2.27. The van der Waals surface area contributed by atoms with Crippen LogP contribution in [0.4, 0.5) is 5.82 Å². The topological polar surface area (TPSA) is 53.5 Å². The summed E-state index contributed by atoms with van der Waals surface area (Å²) in [4.78, 5) is 14.9. The zero-order valence-electron chi connectivity index (χ0n) is 21.9. The Morgan fingerprint density at radius 3 is 2.15 bits per heavy atom. The van der Waals surface area contributed by atoms with E-state index in [1.807, 2.05) is 36.4 Å². The first-order valence-electron chi connectivity index (χ1n) is 13.7. The van der Waals surface area contributed by atoms with E-state index in [1.165, 1.54) is 11.1 Å². The first kappa shape index (κ1) is 26.5. The van der Waals surface area contributed by atoms with Crippen molar-refractivity contribution in [2.24, 2.45) is 0 Å². The molecule has 8 heteroatoms. The van der Waals surface area contributed by atoms with Crippen LogP contribution in [-0.2, 0) is 11.3 Å². The van der Waals surface area contributed by atoms with Crippen molar-refractivity contribution in [1.29, 1.82) is 0 Å². The highest BCUT2D eigenvalue weighted by Crippen LogP contribution is 2.31. The summed E-state index contributed by atoms with van der Waals surface area (Å²) in [5.41, 5.74) is 3.44. The Morgan fingerprint density at radius 1 is 0.846 bits per heavy atom. The average molecular weight is 563 g/mol. The molecule has 0 radical (unpaired) electrons. The van der Waals surface area contributed by atoms with Gasteiger partial charge in [-0.05, 0) is 60.4 Å². The minimum absolute atomic E-state index is 0.146. The molecule has 0 bridgehead atoms. The zero-order chi connectivity index (χ0) is 26.6. The van der Waals surface area contributed by atoms with Gasteiger partial charge in [0, 0.05) is 54.8 Å². The van der Waals surface area contributed by atoms with Gasteiger partial charge in [0.25, 0.3) is 0 Å². The number of anilines is 1. The van der Waals surface area contributed by atoms with E-state index in [0.29, 0.717) is 0 Å². The predicted molar refractivity (Wildman–Crippen MR) is 159 cm³/mol. The van der Waals surface area contributed by atoms with E-state index in [9.17, 15) is 0 Å². The Bertz CT molecular complexity index is 1340. The van der Waals surface area contributed by atoms with Gasteiger partial charge in [-0.1, -0.05) is 59.6 Å². The van der Waals surface area contributed by atoms with Crippen molar-refractivity contribution in [3.05, 3.63) is 99.8 Å². The SMILES string of the molecule is Clc1ccc(C(c2ccc(Cl)cc2)N2CCN(Cc3nc(NCC4CCCO4)c4ccccc4n3)CC2)cc1. The lowest BCUT2D eigenvalue weighted by atomic mass is 9.96. The largest absolute Gasteiger partial charge is 0.376 e. The Labute approximate surface area is 239 Å². The van der Waals surface area contributed by atoms with Crippen LogP contribution in [0.1, 0.15) is 35.8 Å². The molecule has 1 aromatic heterocycles. The molecule has 1 atom stereocenters. The minimum atomic E-state index is 0.146. The van der Waals surface area contributed by atoms with Crippen LogP contribution in [-0.4, -0.2) is 65.2 Å². The van der Waals surface area contributed by atoms with Crippen molar-refractivity contribution < 1.29 is 4.74 Å². The minimum Gasteiger partial charge on any atom is -0.376 e. The highest BCUT2D eigenvalue weighted by molar-refractivity contribution is 6.30. The lowest BCUT2D eigenvalue weighted by Gasteiger charge is -2.39. The van der Waals surface area contributed by atoms with Crippen LogP contribution in [0.2, 0.25) is 10.0 Å². The van der Waals surface area contributed by atoms with Gasteiger partial charge in [-0.3, -0.25) is 9.80 Å². The quantitative estimate of drug-likeness (QED) is 0.267. The number of halogens is 2. The van der Waals surface area contributed by atoms with Crippen LogP contribution in [0.15, 0.2) is 72.8 Å². The fraction of sp³-hybridized carbons (Fsp3) is 0.355. The smallest absolute Gasteiger partial charge is 0.145 e. The molecule has 2 aliphatic heterocycles. The molecule has 4 aromatic rings. The second kappa shape index (κ2) is 12.2. The van der Waals surface area contributed by atoms with E-state index in [4.69, 9.17) is 37.9 Å². The number of aromatic nitrogens is 2. The third-order valence-corrected chi connectivity index (χ3v) is 8.18. The molecule has 0 aliphatic carbocycles. The van der Waals surface area contributed by atoms with Crippen molar-refractivity contribution >= 4 is 39.9 Å². The van der Waals surface area contributed by atoms with Gasteiger partial charge in [0.15, 0.2) is 0 Å².